The van der Waals surface area contributed by atoms with Crippen LogP contribution in [0.3, 0.4) is 0 Å². The summed E-state index contributed by atoms with van der Waals surface area (Å²) in [4.78, 5) is 20.7. The Labute approximate surface area is 118 Å². The van der Waals surface area contributed by atoms with Crippen molar-refractivity contribution in [2.45, 2.75) is 31.8 Å². The molecule has 2 N–H and O–H groups in total. The van der Waals surface area contributed by atoms with Crippen LogP contribution >= 0.6 is 0 Å². The van der Waals surface area contributed by atoms with Crippen LogP contribution in [-0.4, -0.2) is 43.2 Å². The van der Waals surface area contributed by atoms with E-state index in [-0.39, 0.29) is 18.0 Å². The highest BCUT2D eigenvalue weighted by atomic mass is 16.5. The van der Waals surface area contributed by atoms with E-state index < -0.39 is 0 Å². The Hall–Kier alpha value is -1.82. The Bertz CT molecular complexity index is 528. The van der Waals surface area contributed by atoms with Gasteiger partial charge in [0.1, 0.15) is 11.9 Å². The lowest BCUT2D eigenvalue weighted by molar-refractivity contribution is -0.119. The van der Waals surface area contributed by atoms with Gasteiger partial charge in [0, 0.05) is 26.3 Å². The van der Waals surface area contributed by atoms with Crippen molar-refractivity contribution in [1.82, 2.24) is 4.98 Å². The molecule has 6 nitrogen and oxygen atoms in total. The van der Waals surface area contributed by atoms with Gasteiger partial charge in [-0.2, -0.15) is 0 Å². The summed E-state index contributed by atoms with van der Waals surface area (Å²) in [6.07, 6.45) is 1.83. The molecule has 0 bridgehead atoms. The molecule has 0 saturated carbocycles. The average molecular weight is 276 g/mol. The van der Waals surface area contributed by atoms with E-state index in [1.807, 2.05) is 13.0 Å². The van der Waals surface area contributed by atoms with E-state index in [0.717, 1.165) is 37.6 Å². The number of carbonyl (C=O) groups excluding carboxylic acids is 1. The highest BCUT2D eigenvalue weighted by Gasteiger charge is 2.38. The van der Waals surface area contributed by atoms with E-state index >= 15 is 0 Å². The van der Waals surface area contributed by atoms with Crippen molar-refractivity contribution in [1.29, 1.82) is 0 Å². The lowest BCUT2D eigenvalue weighted by atomic mass is 10.0. The predicted molar refractivity (Wildman–Crippen MR) is 77.8 cm³/mol. The summed E-state index contributed by atoms with van der Waals surface area (Å²) >= 11 is 0. The van der Waals surface area contributed by atoms with E-state index in [4.69, 9.17) is 10.5 Å². The summed E-state index contributed by atoms with van der Waals surface area (Å²) in [5.41, 5.74) is 6.66. The summed E-state index contributed by atoms with van der Waals surface area (Å²) in [6.45, 7) is 3.40. The maximum atomic E-state index is 12.4. The van der Waals surface area contributed by atoms with Crippen molar-refractivity contribution in [3.05, 3.63) is 12.1 Å². The topological polar surface area (TPSA) is 71.7 Å². The first kappa shape index (κ1) is 13.2. The van der Waals surface area contributed by atoms with Crippen molar-refractivity contribution in [3.8, 4) is 0 Å². The van der Waals surface area contributed by atoms with Crippen LogP contribution in [0.2, 0.25) is 0 Å². The number of amides is 1. The standard InChI is InChI=1S/C14H20N4O2/c1-9-14(19)17(2)11-3-4-12(15)16-13(11)18(9)10-5-7-20-8-6-10/h3-4,9-10H,5-8H2,1-2H3,(H2,15,16)/t9-/m1/s1. The van der Waals surface area contributed by atoms with Crippen LogP contribution in [0.25, 0.3) is 0 Å². The third-order valence-electron chi connectivity index (χ3n) is 4.17. The minimum Gasteiger partial charge on any atom is -0.384 e. The molecule has 108 valence electrons. The minimum absolute atomic E-state index is 0.0931. The molecule has 1 aromatic heterocycles. The number of hydrogen-bond acceptors (Lipinski definition) is 5. The molecule has 1 atom stereocenters. The second-order valence-corrected chi connectivity index (χ2v) is 5.40. The van der Waals surface area contributed by atoms with Crippen LogP contribution in [0.5, 0.6) is 0 Å². The zero-order chi connectivity index (χ0) is 14.3. The summed E-state index contributed by atoms with van der Waals surface area (Å²) < 4.78 is 5.42. The molecular formula is C14H20N4O2. The fourth-order valence-electron chi connectivity index (χ4n) is 3.06. The van der Waals surface area contributed by atoms with Crippen LogP contribution < -0.4 is 15.5 Å². The number of nitrogens with zero attached hydrogens (tertiary/aromatic N) is 3. The quantitative estimate of drug-likeness (QED) is 0.829. The van der Waals surface area contributed by atoms with Crippen LogP contribution in [0.15, 0.2) is 12.1 Å². The number of nitrogen functional groups attached to an aromatic ring is 1. The van der Waals surface area contributed by atoms with Crippen LogP contribution in [0, 0.1) is 0 Å². The Morgan fingerprint density at radius 2 is 2.05 bits per heavy atom. The fourth-order valence-corrected chi connectivity index (χ4v) is 3.06. The lowest BCUT2D eigenvalue weighted by Gasteiger charge is -2.44. The molecule has 2 aliphatic heterocycles. The molecule has 0 unspecified atom stereocenters. The van der Waals surface area contributed by atoms with Crippen molar-refractivity contribution in [2.24, 2.45) is 0 Å². The maximum Gasteiger partial charge on any atom is 0.249 e. The van der Waals surface area contributed by atoms with Gasteiger partial charge in [0.2, 0.25) is 5.91 Å². The SMILES string of the molecule is C[C@@H]1C(=O)N(C)c2ccc(N)nc2N1C1CCOCC1. The van der Waals surface area contributed by atoms with Gasteiger partial charge in [-0.15, -0.1) is 0 Å². The van der Waals surface area contributed by atoms with E-state index in [9.17, 15) is 4.79 Å². The van der Waals surface area contributed by atoms with Gasteiger partial charge in [0.25, 0.3) is 0 Å². The van der Waals surface area contributed by atoms with Gasteiger partial charge < -0.3 is 20.3 Å². The van der Waals surface area contributed by atoms with Crippen molar-refractivity contribution in [2.75, 3.05) is 35.8 Å². The van der Waals surface area contributed by atoms with Gasteiger partial charge >= 0.3 is 0 Å². The number of fused-ring (bicyclic) bond motifs is 1. The molecule has 1 fully saturated rings. The largest absolute Gasteiger partial charge is 0.384 e. The molecule has 6 heteroatoms. The maximum absolute atomic E-state index is 12.4. The minimum atomic E-state index is -0.218. The smallest absolute Gasteiger partial charge is 0.249 e. The summed E-state index contributed by atoms with van der Waals surface area (Å²) in [5, 5.41) is 0. The summed E-state index contributed by atoms with van der Waals surface area (Å²) in [6, 6.07) is 3.67. The number of rotatable bonds is 1. The Morgan fingerprint density at radius 3 is 2.75 bits per heavy atom. The number of likely N-dealkylation sites (N-methyl/N-ethyl adjacent to an activating group) is 1. The number of anilines is 3. The number of pyridine rings is 1. The highest BCUT2D eigenvalue weighted by Crippen LogP contribution is 2.37. The van der Waals surface area contributed by atoms with Crippen LogP contribution in [0.1, 0.15) is 19.8 Å². The van der Waals surface area contributed by atoms with Gasteiger partial charge in [-0.3, -0.25) is 4.79 Å². The number of hydrogen-bond donors (Lipinski definition) is 1. The van der Waals surface area contributed by atoms with Crippen molar-refractivity contribution >= 4 is 23.2 Å². The lowest BCUT2D eigenvalue weighted by Crippen LogP contribution is -2.56. The highest BCUT2D eigenvalue weighted by molar-refractivity contribution is 6.04. The number of aromatic nitrogens is 1. The predicted octanol–water partition coefficient (Wildman–Crippen LogP) is 1.01. The van der Waals surface area contributed by atoms with Gasteiger partial charge in [0.05, 0.1) is 5.69 Å². The fraction of sp³-hybridized carbons (Fsp3) is 0.571. The number of ether oxygens (including phenoxy) is 1. The second-order valence-electron chi connectivity index (χ2n) is 5.40. The monoisotopic (exact) mass is 276 g/mol. The van der Waals surface area contributed by atoms with Crippen molar-refractivity contribution < 1.29 is 9.53 Å². The molecule has 3 heterocycles. The molecular weight excluding hydrogens is 256 g/mol. The van der Waals surface area contributed by atoms with Crippen LogP contribution in [0.4, 0.5) is 17.3 Å². The van der Waals surface area contributed by atoms with E-state index in [2.05, 4.69) is 9.88 Å². The first-order valence-electron chi connectivity index (χ1n) is 7.00. The Kier molecular flexibility index (Phi) is 3.25. The van der Waals surface area contributed by atoms with Crippen molar-refractivity contribution in [3.63, 3.8) is 0 Å². The van der Waals surface area contributed by atoms with Gasteiger partial charge in [-0.1, -0.05) is 0 Å². The second kappa shape index (κ2) is 4.94. The zero-order valence-corrected chi connectivity index (χ0v) is 11.9. The molecule has 2 aliphatic rings. The average Bonchev–Trinajstić information content (AvgIpc) is 2.46. The number of nitrogens with two attached hydrogens (primary N) is 1. The molecule has 0 spiro atoms. The molecule has 0 aromatic carbocycles. The first-order valence-corrected chi connectivity index (χ1v) is 7.00. The first-order chi connectivity index (χ1) is 9.59. The van der Waals surface area contributed by atoms with Gasteiger partial charge in [-0.05, 0) is 31.9 Å². The van der Waals surface area contributed by atoms with Gasteiger partial charge in [-0.25, -0.2) is 4.98 Å². The third-order valence-corrected chi connectivity index (χ3v) is 4.17. The summed E-state index contributed by atoms with van der Waals surface area (Å²) in [7, 11) is 1.79. The molecule has 1 saturated heterocycles. The molecule has 3 rings (SSSR count). The van der Waals surface area contributed by atoms with Gasteiger partial charge in [0.15, 0.2) is 5.82 Å². The molecule has 0 radical (unpaired) electrons. The van der Waals surface area contributed by atoms with E-state index in [0.29, 0.717) is 5.82 Å². The van der Waals surface area contributed by atoms with Crippen LogP contribution in [-0.2, 0) is 9.53 Å². The summed E-state index contributed by atoms with van der Waals surface area (Å²) in [5.74, 6) is 1.39. The number of carbonyl (C=O) groups is 1. The Balaban J connectivity index is 2.05. The van der Waals surface area contributed by atoms with E-state index in [1.165, 1.54) is 0 Å². The molecule has 1 amide bonds. The zero-order valence-electron chi connectivity index (χ0n) is 11.9. The molecule has 0 aliphatic carbocycles. The third kappa shape index (κ3) is 2.00. The Morgan fingerprint density at radius 1 is 1.35 bits per heavy atom. The normalized spacial score (nSPS) is 23.9. The molecule has 1 aromatic rings. The molecule has 20 heavy (non-hydrogen) atoms. The van der Waals surface area contributed by atoms with E-state index in [1.54, 1.807) is 18.0 Å².